The van der Waals surface area contributed by atoms with Gasteiger partial charge in [-0.25, -0.2) is 12.7 Å². The highest BCUT2D eigenvalue weighted by atomic mass is 32.2. The highest BCUT2D eigenvalue weighted by Gasteiger charge is 2.29. The molecule has 0 heterocycles. The van der Waals surface area contributed by atoms with Gasteiger partial charge in [-0.2, -0.15) is 0 Å². The Labute approximate surface area is 99.5 Å². The second-order valence-electron chi connectivity index (χ2n) is 4.57. The van der Waals surface area contributed by atoms with E-state index in [2.05, 4.69) is 5.32 Å². The van der Waals surface area contributed by atoms with Gasteiger partial charge in [0.05, 0.1) is 5.75 Å². The summed E-state index contributed by atoms with van der Waals surface area (Å²) in [5.41, 5.74) is 0. The van der Waals surface area contributed by atoms with Gasteiger partial charge in [0, 0.05) is 13.1 Å². The van der Waals surface area contributed by atoms with Gasteiger partial charge in [-0.05, 0) is 45.2 Å². The minimum absolute atomic E-state index is 0.278. The average molecular weight is 248 g/mol. The van der Waals surface area contributed by atoms with E-state index in [4.69, 9.17) is 0 Å². The van der Waals surface area contributed by atoms with Gasteiger partial charge in [-0.3, -0.25) is 0 Å². The summed E-state index contributed by atoms with van der Waals surface area (Å²) < 4.78 is 25.8. The zero-order valence-electron chi connectivity index (χ0n) is 10.4. The fourth-order valence-electron chi connectivity index (χ4n) is 1.74. The van der Waals surface area contributed by atoms with Crippen LogP contribution < -0.4 is 5.32 Å². The molecule has 5 heteroatoms. The Morgan fingerprint density at radius 2 is 2.06 bits per heavy atom. The molecule has 0 atom stereocenters. The lowest BCUT2D eigenvalue weighted by atomic mass is 10.4. The molecule has 0 aromatic rings. The third kappa shape index (κ3) is 4.80. The van der Waals surface area contributed by atoms with Gasteiger partial charge >= 0.3 is 0 Å². The lowest BCUT2D eigenvalue weighted by Gasteiger charge is -2.21. The molecule has 0 aromatic carbocycles. The molecule has 0 saturated heterocycles. The average Bonchev–Trinajstić information content (AvgIpc) is 3.01. The van der Waals surface area contributed by atoms with Crippen molar-refractivity contribution in [1.82, 2.24) is 9.62 Å². The molecule has 0 aromatic heterocycles. The van der Waals surface area contributed by atoms with E-state index < -0.39 is 10.0 Å². The standard InChI is InChI=1S/C11H24N2O2S/c1-3-8-13(10-11-5-6-11)16(14,15)9-4-7-12-2/h11-12H,3-10H2,1-2H3. The van der Waals surface area contributed by atoms with Crippen LogP contribution in [0.5, 0.6) is 0 Å². The molecule has 1 saturated carbocycles. The lowest BCUT2D eigenvalue weighted by Crippen LogP contribution is -2.36. The van der Waals surface area contributed by atoms with Gasteiger partial charge in [0.15, 0.2) is 0 Å². The van der Waals surface area contributed by atoms with Gasteiger partial charge in [0.1, 0.15) is 0 Å². The van der Waals surface area contributed by atoms with Crippen LogP contribution in [0.15, 0.2) is 0 Å². The second-order valence-corrected chi connectivity index (χ2v) is 6.66. The van der Waals surface area contributed by atoms with Crippen molar-refractivity contribution in [1.29, 1.82) is 0 Å². The summed E-state index contributed by atoms with van der Waals surface area (Å²) in [5, 5.41) is 2.98. The Kier molecular flexibility index (Phi) is 5.72. The normalized spacial score (nSPS) is 16.9. The first-order valence-corrected chi connectivity index (χ1v) is 7.83. The number of hydrogen-bond donors (Lipinski definition) is 1. The zero-order valence-corrected chi connectivity index (χ0v) is 11.2. The molecule has 1 aliphatic carbocycles. The van der Waals surface area contributed by atoms with E-state index in [1.54, 1.807) is 4.31 Å². The summed E-state index contributed by atoms with van der Waals surface area (Å²) in [4.78, 5) is 0. The first-order chi connectivity index (χ1) is 7.60. The molecule has 0 unspecified atom stereocenters. The van der Waals surface area contributed by atoms with Crippen LogP contribution >= 0.6 is 0 Å². The smallest absolute Gasteiger partial charge is 0.214 e. The number of sulfonamides is 1. The first kappa shape index (κ1) is 13.9. The summed E-state index contributed by atoms with van der Waals surface area (Å²) in [7, 11) is -1.17. The molecule has 0 aliphatic heterocycles. The molecule has 1 fully saturated rings. The van der Waals surface area contributed by atoms with Gasteiger partial charge in [-0.15, -0.1) is 0 Å². The van der Waals surface area contributed by atoms with Crippen molar-refractivity contribution in [2.24, 2.45) is 5.92 Å². The first-order valence-electron chi connectivity index (χ1n) is 6.22. The van der Waals surface area contributed by atoms with Gasteiger partial charge in [0.2, 0.25) is 10.0 Å². The highest BCUT2D eigenvalue weighted by molar-refractivity contribution is 7.89. The predicted molar refractivity (Wildman–Crippen MR) is 66.9 cm³/mol. The number of rotatable bonds is 9. The van der Waals surface area contributed by atoms with E-state index in [1.807, 2.05) is 14.0 Å². The third-order valence-electron chi connectivity index (χ3n) is 2.85. The van der Waals surface area contributed by atoms with Crippen LogP contribution in [0.4, 0.5) is 0 Å². The van der Waals surface area contributed by atoms with Gasteiger partial charge in [-0.1, -0.05) is 6.92 Å². The maximum atomic E-state index is 12.1. The predicted octanol–water partition coefficient (Wildman–Crippen LogP) is 1.05. The molecule has 0 radical (unpaired) electrons. The molecule has 1 rings (SSSR count). The molecular weight excluding hydrogens is 224 g/mol. The largest absolute Gasteiger partial charge is 0.320 e. The quantitative estimate of drug-likeness (QED) is 0.620. The lowest BCUT2D eigenvalue weighted by molar-refractivity contribution is 0.395. The Bertz CT molecular complexity index is 286. The van der Waals surface area contributed by atoms with Crippen molar-refractivity contribution >= 4 is 10.0 Å². The summed E-state index contributed by atoms with van der Waals surface area (Å²) in [6, 6.07) is 0. The molecular formula is C11H24N2O2S. The summed E-state index contributed by atoms with van der Waals surface area (Å²) in [6.45, 7) is 4.22. The Balaban J connectivity index is 2.45. The van der Waals surface area contributed by atoms with Crippen LogP contribution in [0, 0.1) is 5.92 Å². The van der Waals surface area contributed by atoms with E-state index in [-0.39, 0.29) is 5.75 Å². The number of nitrogens with zero attached hydrogens (tertiary/aromatic N) is 1. The van der Waals surface area contributed by atoms with Crippen molar-refractivity contribution < 1.29 is 8.42 Å². The molecule has 16 heavy (non-hydrogen) atoms. The summed E-state index contributed by atoms with van der Waals surface area (Å²) >= 11 is 0. The van der Waals surface area contributed by atoms with E-state index >= 15 is 0 Å². The SMILES string of the molecule is CCCN(CC1CC1)S(=O)(=O)CCCNC. The second kappa shape index (κ2) is 6.57. The van der Waals surface area contributed by atoms with Gasteiger partial charge in [0.25, 0.3) is 0 Å². The molecule has 0 bridgehead atoms. The summed E-state index contributed by atoms with van der Waals surface area (Å²) in [5.74, 6) is 0.909. The van der Waals surface area contributed by atoms with E-state index in [9.17, 15) is 8.42 Å². The van der Waals surface area contributed by atoms with E-state index in [0.29, 0.717) is 18.9 Å². The van der Waals surface area contributed by atoms with Crippen molar-refractivity contribution in [3.05, 3.63) is 0 Å². The van der Waals surface area contributed by atoms with Crippen LogP contribution in [0.1, 0.15) is 32.6 Å². The van der Waals surface area contributed by atoms with Crippen molar-refractivity contribution in [2.45, 2.75) is 32.6 Å². The van der Waals surface area contributed by atoms with Crippen LogP contribution in [-0.2, 0) is 10.0 Å². The molecule has 4 nitrogen and oxygen atoms in total. The topological polar surface area (TPSA) is 49.4 Å². The molecule has 1 N–H and O–H groups in total. The number of hydrogen-bond acceptors (Lipinski definition) is 3. The van der Waals surface area contributed by atoms with Crippen LogP contribution in [-0.4, -0.2) is 45.2 Å². The summed E-state index contributed by atoms with van der Waals surface area (Å²) in [6.07, 6.45) is 4.00. The molecule has 96 valence electrons. The van der Waals surface area contributed by atoms with Gasteiger partial charge < -0.3 is 5.32 Å². The maximum Gasteiger partial charge on any atom is 0.214 e. The number of nitrogens with one attached hydrogen (secondary N) is 1. The monoisotopic (exact) mass is 248 g/mol. The zero-order chi connectivity index (χ0) is 12.0. The maximum absolute atomic E-state index is 12.1. The minimum atomic E-state index is -3.02. The molecule has 0 amide bonds. The van der Waals surface area contributed by atoms with Crippen molar-refractivity contribution in [3.63, 3.8) is 0 Å². The van der Waals surface area contributed by atoms with Crippen LogP contribution in [0.25, 0.3) is 0 Å². The fourth-order valence-corrected chi connectivity index (χ4v) is 3.41. The Hall–Kier alpha value is -0.130. The highest BCUT2D eigenvalue weighted by Crippen LogP contribution is 2.30. The fraction of sp³-hybridized carbons (Fsp3) is 1.00. The molecule has 1 aliphatic rings. The Morgan fingerprint density at radius 1 is 1.38 bits per heavy atom. The van der Waals surface area contributed by atoms with Crippen molar-refractivity contribution in [2.75, 3.05) is 32.4 Å². The third-order valence-corrected chi connectivity index (χ3v) is 4.78. The van der Waals surface area contributed by atoms with E-state index in [1.165, 1.54) is 12.8 Å². The van der Waals surface area contributed by atoms with Crippen molar-refractivity contribution in [3.8, 4) is 0 Å². The Morgan fingerprint density at radius 3 is 2.56 bits per heavy atom. The minimum Gasteiger partial charge on any atom is -0.320 e. The van der Waals surface area contributed by atoms with E-state index in [0.717, 1.165) is 19.5 Å². The van der Waals surface area contributed by atoms with Crippen LogP contribution in [0.2, 0.25) is 0 Å². The molecule has 0 spiro atoms. The van der Waals surface area contributed by atoms with Crippen LogP contribution in [0.3, 0.4) is 0 Å².